The molecular weight excluding hydrogens is 328 g/mol. The van der Waals surface area contributed by atoms with Gasteiger partial charge < -0.3 is 15.0 Å². The summed E-state index contributed by atoms with van der Waals surface area (Å²) in [5.41, 5.74) is 0.975. The Morgan fingerprint density at radius 2 is 1.62 bits per heavy atom. The number of nitrogens with one attached hydrogen (secondary N) is 1. The van der Waals surface area contributed by atoms with Gasteiger partial charge in [0.15, 0.2) is 6.61 Å². The Labute approximate surface area is 155 Å². The molecule has 2 amide bonds. The average molecular weight is 354 g/mol. The Morgan fingerprint density at radius 1 is 1.00 bits per heavy atom. The lowest BCUT2D eigenvalue weighted by Crippen LogP contribution is -2.50. The number of hydrogen-bond acceptors (Lipinski definition) is 3. The van der Waals surface area contributed by atoms with E-state index in [4.69, 9.17) is 4.74 Å². The molecule has 0 radical (unpaired) electrons. The van der Waals surface area contributed by atoms with Crippen LogP contribution in [0.2, 0.25) is 0 Å². The third-order valence-electron chi connectivity index (χ3n) is 4.04. The molecule has 0 spiro atoms. The maximum atomic E-state index is 12.9. The molecule has 1 atom stereocenters. The lowest BCUT2D eigenvalue weighted by Gasteiger charge is -2.30. The predicted molar refractivity (Wildman–Crippen MR) is 102 cm³/mol. The second-order valence-electron chi connectivity index (χ2n) is 5.93. The van der Waals surface area contributed by atoms with Crippen molar-refractivity contribution in [2.45, 2.75) is 32.9 Å². The number of carbonyl (C=O) groups excluding carboxylic acids is 2. The largest absolute Gasteiger partial charge is 0.484 e. The highest BCUT2D eigenvalue weighted by molar-refractivity contribution is 5.88. The van der Waals surface area contributed by atoms with E-state index in [0.717, 1.165) is 5.56 Å². The molecule has 0 aliphatic carbocycles. The first-order chi connectivity index (χ1) is 12.7. The number of para-hydroxylation sites is 1. The van der Waals surface area contributed by atoms with Crippen molar-refractivity contribution in [3.05, 3.63) is 66.2 Å². The van der Waals surface area contributed by atoms with Gasteiger partial charge in [-0.3, -0.25) is 9.59 Å². The summed E-state index contributed by atoms with van der Waals surface area (Å²) in [5.74, 6) is 0.279. The molecule has 0 unspecified atom stereocenters. The van der Waals surface area contributed by atoms with Crippen molar-refractivity contribution >= 4 is 11.8 Å². The number of ether oxygens (including phenoxy) is 1. The molecule has 26 heavy (non-hydrogen) atoms. The predicted octanol–water partition coefficient (Wildman–Crippen LogP) is 3.01. The number of likely N-dealkylation sites (N-methyl/N-ethyl adjacent to an activating group) is 1. The molecular formula is C21H26N2O3. The van der Waals surface area contributed by atoms with Crippen molar-refractivity contribution in [1.82, 2.24) is 10.2 Å². The van der Waals surface area contributed by atoms with Crippen LogP contribution < -0.4 is 10.1 Å². The Morgan fingerprint density at radius 3 is 2.19 bits per heavy atom. The molecule has 138 valence electrons. The molecule has 5 nitrogen and oxygen atoms in total. The van der Waals surface area contributed by atoms with Crippen LogP contribution in [-0.2, 0) is 16.1 Å². The van der Waals surface area contributed by atoms with Gasteiger partial charge in [-0.2, -0.15) is 0 Å². The summed E-state index contributed by atoms with van der Waals surface area (Å²) >= 11 is 0. The van der Waals surface area contributed by atoms with Crippen molar-refractivity contribution in [3.8, 4) is 5.75 Å². The highest BCUT2D eigenvalue weighted by Crippen LogP contribution is 2.14. The fraction of sp³-hybridized carbons (Fsp3) is 0.333. The summed E-state index contributed by atoms with van der Waals surface area (Å²) in [7, 11) is 0. The van der Waals surface area contributed by atoms with Gasteiger partial charge in [-0.25, -0.2) is 0 Å². The van der Waals surface area contributed by atoms with E-state index in [1.54, 1.807) is 17.0 Å². The minimum Gasteiger partial charge on any atom is -0.484 e. The van der Waals surface area contributed by atoms with Crippen LogP contribution in [0.15, 0.2) is 60.7 Å². The zero-order valence-corrected chi connectivity index (χ0v) is 15.4. The van der Waals surface area contributed by atoms with E-state index in [2.05, 4.69) is 5.32 Å². The quantitative estimate of drug-likeness (QED) is 0.753. The first-order valence-corrected chi connectivity index (χ1v) is 8.94. The van der Waals surface area contributed by atoms with E-state index in [0.29, 0.717) is 25.3 Å². The normalized spacial score (nSPS) is 11.5. The van der Waals surface area contributed by atoms with Crippen molar-refractivity contribution < 1.29 is 14.3 Å². The summed E-state index contributed by atoms with van der Waals surface area (Å²) < 4.78 is 5.60. The number of benzene rings is 2. The summed E-state index contributed by atoms with van der Waals surface area (Å²) in [6, 6.07) is 18.3. The van der Waals surface area contributed by atoms with Gasteiger partial charge >= 0.3 is 0 Å². The Balaban J connectivity index is 2.14. The van der Waals surface area contributed by atoms with Gasteiger partial charge in [-0.1, -0.05) is 55.5 Å². The minimum atomic E-state index is -0.526. The third-order valence-corrected chi connectivity index (χ3v) is 4.04. The summed E-state index contributed by atoms with van der Waals surface area (Å²) in [4.78, 5) is 26.9. The van der Waals surface area contributed by atoms with E-state index in [9.17, 15) is 9.59 Å². The van der Waals surface area contributed by atoms with Crippen molar-refractivity contribution in [1.29, 1.82) is 0 Å². The molecule has 5 heteroatoms. The molecule has 0 aliphatic heterocycles. The molecule has 0 saturated carbocycles. The smallest absolute Gasteiger partial charge is 0.261 e. The van der Waals surface area contributed by atoms with Crippen molar-refractivity contribution in [2.75, 3.05) is 13.2 Å². The first kappa shape index (κ1) is 19.5. The van der Waals surface area contributed by atoms with Crippen LogP contribution in [0.25, 0.3) is 0 Å². The molecule has 0 aromatic heterocycles. The fourth-order valence-corrected chi connectivity index (χ4v) is 2.74. The molecule has 2 aromatic carbocycles. The maximum Gasteiger partial charge on any atom is 0.261 e. The molecule has 1 N–H and O–H groups in total. The Kier molecular flexibility index (Phi) is 7.68. The van der Waals surface area contributed by atoms with Gasteiger partial charge in [0.05, 0.1) is 0 Å². The van der Waals surface area contributed by atoms with Gasteiger partial charge in [0, 0.05) is 13.1 Å². The second-order valence-corrected chi connectivity index (χ2v) is 5.93. The van der Waals surface area contributed by atoms with Crippen LogP contribution in [0.3, 0.4) is 0 Å². The molecule has 2 rings (SSSR count). The van der Waals surface area contributed by atoms with E-state index >= 15 is 0 Å². The fourth-order valence-electron chi connectivity index (χ4n) is 2.74. The highest BCUT2D eigenvalue weighted by Gasteiger charge is 2.28. The molecule has 0 heterocycles. The molecule has 0 bridgehead atoms. The van der Waals surface area contributed by atoms with E-state index in [-0.39, 0.29) is 18.4 Å². The number of hydrogen-bond donors (Lipinski definition) is 1. The monoisotopic (exact) mass is 354 g/mol. The van der Waals surface area contributed by atoms with Crippen LogP contribution in [-0.4, -0.2) is 35.9 Å². The SMILES string of the molecule is CCNC(=O)[C@@H](CC)N(Cc1ccccc1)C(=O)COc1ccccc1. The van der Waals surface area contributed by atoms with E-state index in [1.807, 2.05) is 62.4 Å². The summed E-state index contributed by atoms with van der Waals surface area (Å²) in [6.07, 6.45) is 0.537. The minimum absolute atomic E-state index is 0.104. The molecule has 0 saturated heterocycles. The van der Waals surface area contributed by atoms with E-state index < -0.39 is 6.04 Å². The van der Waals surface area contributed by atoms with Crippen molar-refractivity contribution in [2.24, 2.45) is 0 Å². The van der Waals surface area contributed by atoms with Gasteiger partial charge in [-0.05, 0) is 31.0 Å². The zero-order valence-electron chi connectivity index (χ0n) is 15.4. The van der Waals surface area contributed by atoms with Crippen LogP contribution in [0, 0.1) is 0 Å². The molecule has 0 fully saturated rings. The topological polar surface area (TPSA) is 58.6 Å². The van der Waals surface area contributed by atoms with Gasteiger partial charge in [0.25, 0.3) is 5.91 Å². The number of rotatable bonds is 9. The maximum absolute atomic E-state index is 12.9. The second kappa shape index (κ2) is 10.2. The molecule has 2 aromatic rings. The standard InChI is InChI=1S/C21H26N2O3/c1-3-19(21(25)22-4-2)23(15-17-11-7-5-8-12-17)20(24)16-26-18-13-9-6-10-14-18/h5-14,19H,3-4,15-16H2,1-2H3,(H,22,25)/t19-/m1/s1. The summed E-state index contributed by atoms with van der Waals surface area (Å²) in [6.45, 7) is 4.57. The van der Waals surface area contributed by atoms with Crippen LogP contribution in [0.4, 0.5) is 0 Å². The lowest BCUT2D eigenvalue weighted by molar-refractivity contribution is -0.142. The van der Waals surface area contributed by atoms with Gasteiger partial charge in [0.2, 0.25) is 5.91 Å². The highest BCUT2D eigenvalue weighted by atomic mass is 16.5. The van der Waals surface area contributed by atoms with Gasteiger partial charge in [-0.15, -0.1) is 0 Å². The van der Waals surface area contributed by atoms with Crippen LogP contribution in [0.5, 0.6) is 5.75 Å². The Bertz CT molecular complexity index is 689. The van der Waals surface area contributed by atoms with Crippen molar-refractivity contribution in [3.63, 3.8) is 0 Å². The first-order valence-electron chi connectivity index (χ1n) is 8.94. The third kappa shape index (κ3) is 5.62. The zero-order chi connectivity index (χ0) is 18.8. The van der Waals surface area contributed by atoms with Gasteiger partial charge in [0.1, 0.15) is 11.8 Å². The Hall–Kier alpha value is -2.82. The summed E-state index contributed by atoms with van der Waals surface area (Å²) in [5, 5.41) is 2.82. The van der Waals surface area contributed by atoms with Crippen LogP contribution >= 0.6 is 0 Å². The average Bonchev–Trinajstić information content (AvgIpc) is 2.68. The lowest BCUT2D eigenvalue weighted by atomic mass is 10.1. The molecule has 0 aliphatic rings. The van der Waals surface area contributed by atoms with E-state index in [1.165, 1.54) is 0 Å². The number of nitrogens with zero attached hydrogens (tertiary/aromatic N) is 1. The number of amides is 2. The van der Waals surface area contributed by atoms with Crippen LogP contribution in [0.1, 0.15) is 25.8 Å². The number of carbonyl (C=O) groups is 2.